The number of nitrogens with two attached hydrogens (primary N) is 1. The highest BCUT2D eigenvalue weighted by molar-refractivity contribution is 9.10. The van der Waals surface area contributed by atoms with Crippen molar-refractivity contribution in [2.75, 3.05) is 12.8 Å². The first-order chi connectivity index (χ1) is 9.52. The van der Waals surface area contributed by atoms with Crippen LogP contribution in [0.1, 0.15) is 23.9 Å². The molecule has 5 heteroatoms. The number of nitrogen functional groups attached to an aromatic ring is 1. The van der Waals surface area contributed by atoms with Crippen LogP contribution in [0.3, 0.4) is 0 Å². The van der Waals surface area contributed by atoms with Crippen LogP contribution in [0.15, 0.2) is 28.7 Å². The maximum absolute atomic E-state index is 5.99. The molecule has 0 aliphatic rings. The van der Waals surface area contributed by atoms with E-state index >= 15 is 0 Å². The van der Waals surface area contributed by atoms with Crippen molar-refractivity contribution >= 4 is 21.6 Å². The standard InChI is InChI=1S/C15H21BrN4/c1-4-13-15(16)14(20(3)18-13)10-19(2)9-11-7-5-6-8-12(11)17/h5-8H,4,9-10,17H2,1-3H3. The van der Waals surface area contributed by atoms with Crippen LogP contribution in [-0.2, 0) is 26.6 Å². The van der Waals surface area contributed by atoms with Gasteiger partial charge >= 0.3 is 0 Å². The molecule has 1 aromatic heterocycles. The van der Waals surface area contributed by atoms with Gasteiger partial charge in [-0.15, -0.1) is 0 Å². The molecule has 2 N–H and O–H groups in total. The quantitative estimate of drug-likeness (QED) is 0.854. The van der Waals surface area contributed by atoms with Crippen molar-refractivity contribution in [3.8, 4) is 0 Å². The van der Waals surface area contributed by atoms with E-state index in [2.05, 4.69) is 46.0 Å². The maximum atomic E-state index is 5.99. The lowest BCUT2D eigenvalue weighted by atomic mass is 10.1. The fourth-order valence-corrected chi connectivity index (χ4v) is 3.01. The van der Waals surface area contributed by atoms with Gasteiger partial charge in [0.15, 0.2) is 0 Å². The fraction of sp³-hybridized carbons (Fsp3) is 0.400. The van der Waals surface area contributed by atoms with Crippen LogP contribution >= 0.6 is 15.9 Å². The van der Waals surface area contributed by atoms with Crippen molar-refractivity contribution in [2.45, 2.75) is 26.4 Å². The molecule has 4 nitrogen and oxygen atoms in total. The zero-order valence-electron chi connectivity index (χ0n) is 12.2. The monoisotopic (exact) mass is 336 g/mol. The van der Waals surface area contributed by atoms with Gasteiger partial charge in [-0.1, -0.05) is 25.1 Å². The Bertz CT molecular complexity index is 592. The predicted octanol–water partition coefficient (Wildman–Crippen LogP) is 2.96. The third kappa shape index (κ3) is 3.22. The molecule has 0 bridgehead atoms. The van der Waals surface area contributed by atoms with E-state index in [0.717, 1.165) is 40.9 Å². The average molecular weight is 337 g/mol. The smallest absolute Gasteiger partial charge is 0.0767 e. The highest BCUT2D eigenvalue weighted by atomic mass is 79.9. The van der Waals surface area contributed by atoms with Crippen molar-refractivity contribution in [1.29, 1.82) is 0 Å². The summed E-state index contributed by atoms with van der Waals surface area (Å²) in [6.45, 7) is 3.77. The number of rotatable bonds is 5. The Kier molecular flexibility index (Phi) is 4.83. The van der Waals surface area contributed by atoms with Crippen molar-refractivity contribution < 1.29 is 0 Å². The number of halogens is 1. The molecule has 1 heterocycles. The highest BCUT2D eigenvalue weighted by Crippen LogP contribution is 2.23. The minimum atomic E-state index is 0.825. The number of hydrogen-bond acceptors (Lipinski definition) is 3. The van der Waals surface area contributed by atoms with Crippen LogP contribution in [0.4, 0.5) is 5.69 Å². The van der Waals surface area contributed by atoms with Gasteiger partial charge in [0.2, 0.25) is 0 Å². The second-order valence-corrected chi connectivity index (χ2v) is 5.85. The molecule has 0 aliphatic heterocycles. The lowest BCUT2D eigenvalue weighted by molar-refractivity contribution is 0.309. The predicted molar refractivity (Wildman–Crippen MR) is 86.3 cm³/mol. The van der Waals surface area contributed by atoms with Gasteiger partial charge in [0.25, 0.3) is 0 Å². The highest BCUT2D eigenvalue weighted by Gasteiger charge is 2.14. The summed E-state index contributed by atoms with van der Waals surface area (Å²) in [5, 5.41) is 4.52. The van der Waals surface area contributed by atoms with E-state index in [9.17, 15) is 0 Å². The van der Waals surface area contributed by atoms with E-state index in [-0.39, 0.29) is 0 Å². The molecule has 0 saturated carbocycles. The molecule has 2 aromatic rings. The van der Waals surface area contributed by atoms with E-state index in [1.165, 1.54) is 5.69 Å². The molecule has 0 radical (unpaired) electrons. The zero-order valence-corrected chi connectivity index (χ0v) is 13.8. The maximum Gasteiger partial charge on any atom is 0.0767 e. The third-order valence-corrected chi connectivity index (χ3v) is 4.33. The van der Waals surface area contributed by atoms with Crippen LogP contribution in [0.25, 0.3) is 0 Å². The van der Waals surface area contributed by atoms with E-state index in [4.69, 9.17) is 5.73 Å². The first-order valence-corrected chi connectivity index (χ1v) is 7.54. The number of benzene rings is 1. The molecule has 108 valence electrons. The summed E-state index contributed by atoms with van der Waals surface area (Å²) in [6.07, 6.45) is 0.934. The van der Waals surface area contributed by atoms with Crippen LogP contribution in [0, 0.1) is 0 Å². The molecular weight excluding hydrogens is 316 g/mol. The van der Waals surface area contributed by atoms with Crippen molar-refractivity contribution in [3.63, 3.8) is 0 Å². The van der Waals surface area contributed by atoms with Crippen LogP contribution in [0.2, 0.25) is 0 Å². The Labute approximate surface area is 128 Å². The molecule has 1 aromatic carbocycles. The number of hydrogen-bond donors (Lipinski definition) is 1. The molecule has 0 aliphatic carbocycles. The Morgan fingerprint density at radius 3 is 2.60 bits per heavy atom. The van der Waals surface area contributed by atoms with Crippen LogP contribution in [0.5, 0.6) is 0 Å². The van der Waals surface area contributed by atoms with Gasteiger partial charge in [0, 0.05) is 25.8 Å². The second-order valence-electron chi connectivity index (χ2n) is 5.06. The molecule has 0 amide bonds. The first kappa shape index (κ1) is 15.1. The lowest BCUT2D eigenvalue weighted by Gasteiger charge is -2.18. The topological polar surface area (TPSA) is 47.1 Å². The molecule has 0 unspecified atom stereocenters. The SMILES string of the molecule is CCc1nn(C)c(CN(C)Cc2ccccc2N)c1Br. The van der Waals surface area contributed by atoms with Gasteiger partial charge in [0.05, 0.1) is 15.9 Å². The van der Waals surface area contributed by atoms with Gasteiger partial charge in [-0.25, -0.2) is 0 Å². The van der Waals surface area contributed by atoms with Gasteiger partial charge in [-0.05, 0) is 41.0 Å². The molecule has 0 saturated heterocycles. The number of aryl methyl sites for hydroxylation is 2. The second kappa shape index (κ2) is 6.41. The first-order valence-electron chi connectivity index (χ1n) is 6.75. The number of nitrogens with zero attached hydrogens (tertiary/aromatic N) is 3. The van der Waals surface area contributed by atoms with E-state index < -0.39 is 0 Å². The van der Waals surface area contributed by atoms with Crippen molar-refractivity contribution in [1.82, 2.24) is 14.7 Å². The normalized spacial score (nSPS) is 11.2. The number of aromatic nitrogens is 2. The van der Waals surface area contributed by atoms with E-state index in [1.54, 1.807) is 0 Å². The molecule has 0 spiro atoms. The summed E-state index contributed by atoms with van der Waals surface area (Å²) < 4.78 is 3.07. The fourth-order valence-electron chi connectivity index (χ4n) is 2.27. The average Bonchev–Trinajstić information content (AvgIpc) is 2.69. The Morgan fingerprint density at radius 2 is 2.00 bits per heavy atom. The lowest BCUT2D eigenvalue weighted by Crippen LogP contribution is -2.20. The summed E-state index contributed by atoms with van der Waals surface area (Å²) in [4.78, 5) is 2.24. The van der Waals surface area contributed by atoms with E-state index in [0.29, 0.717) is 0 Å². The minimum absolute atomic E-state index is 0.825. The van der Waals surface area contributed by atoms with Crippen LogP contribution in [-0.4, -0.2) is 21.7 Å². The Hall–Kier alpha value is -1.33. The Morgan fingerprint density at radius 1 is 1.30 bits per heavy atom. The summed E-state index contributed by atoms with van der Waals surface area (Å²) in [5.74, 6) is 0. The third-order valence-electron chi connectivity index (χ3n) is 3.42. The molecule has 0 atom stereocenters. The van der Waals surface area contributed by atoms with Gasteiger partial charge in [0.1, 0.15) is 0 Å². The van der Waals surface area contributed by atoms with Crippen molar-refractivity contribution in [2.24, 2.45) is 7.05 Å². The number of anilines is 1. The molecule has 0 fully saturated rings. The summed E-state index contributed by atoms with van der Waals surface area (Å²) in [6, 6.07) is 8.00. The van der Waals surface area contributed by atoms with Gasteiger partial charge in [-0.3, -0.25) is 9.58 Å². The zero-order chi connectivity index (χ0) is 14.7. The summed E-state index contributed by atoms with van der Waals surface area (Å²) >= 11 is 3.66. The minimum Gasteiger partial charge on any atom is -0.398 e. The van der Waals surface area contributed by atoms with Crippen LogP contribution < -0.4 is 5.73 Å². The molecular formula is C15H21BrN4. The Balaban J connectivity index is 2.11. The molecule has 20 heavy (non-hydrogen) atoms. The summed E-state index contributed by atoms with van der Waals surface area (Å²) in [5.41, 5.74) is 10.3. The molecule has 2 rings (SSSR count). The number of para-hydroxylation sites is 1. The van der Waals surface area contributed by atoms with Gasteiger partial charge in [-0.2, -0.15) is 5.10 Å². The van der Waals surface area contributed by atoms with E-state index in [1.807, 2.05) is 29.9 Å². The summed E-state index contributed by atoms with van der Waals surface area (Å²) in [7, 11) is 4.08. The van der Waals surface area contributed by atoms with Gasteiger partial charge < -0.3 is 5.73 Å². The van der Waals surface area contributed by atoms with Crippen molar-refractivity contribution in [3.05, 3.63) is 45.7 Å². The largest absolute Gasteiger partial charge is 0.398 e.